The summed E-state index contributed by atoms with van der Waals surface area (Å²) in [6.07, 6.45) is 0. The lowest BCUT2D eigenvalue weighted by Crippen LogP contribution is -2.24. The monoisotopic (exact) mass is 275 g/mol. The highest BCUT2D eigenvalue weighted by molar-refractivity contribution is 9.10. The van der Waals surface area contributed by atoms with Gasteiger partial charge >= 0.3 is 0 Å². The molecule has 0 spiro atoms. The first-order valence-electron chi connectivity index (χ1n) is 3.59. The maximum absolute atomic E-state index is 11.3. The summed E-state index contributed by atoms with van der Waals surface area (Å²) in [6, 6.07) is 4.73. The number of nitrogens with zero attached hydrogens (tertiary/aromatic N) is 1. The van der Waals surface area contributed by atoms with Crippen LogP contribution in [0, 0.1) is 0 Å². The maximum atomic E-state index is 11.3. The molecule has 4 N–H and O–H groups in total. The van der Waals surface area contributed by atoms with Crippen LogP contribution in [0.4, 0.5) is 0 Å². The van der Waals surface area contributed by atoms with Gasteiger partial charge in [0.15, 0.2) is 5.96 Å². The van der Waals surface area contributed by atoms with Gasteiger partial charge < -0.3 is 11.5 Å². The normalized spacial score (nSPS) is 9.57. The van der Waals surface area contributed by atoms with Gasteiger partial charge in [-0.3, -0.25) is 4.79 Å². The van der Waals surface area contributed by atoms with Gasteiger partial charge in [-0.25, -0.2) is 0 Å². The molecular formula is C8H7BrClN3O. The minimum atomic E-state index is -0.520. The van der Waals surface area contributed by atoms with Gasteiger partial charge in [0.25, 0.3) is 5.91 Å². The van der Waals surface area contributed by atoms with Crippen LogP contribution in [0.15, 0.2) is 27.7 Å². The number of carbonyl (C=O) groups excluding carboxylic acids is 1. The Kier molecular flexibility index (Phi) is 3.49. The number of carbonyl (C=O) groups is 1. The van der Waals surface area contributed by atoms with Gasteiger partial charge in [0.1, 0.15) is 0 Å². The fourth-order valence-corrected chi connectivity index (χ4v) is 1.72. The molecule has 4 nitrogen and oxygen atoms in total. The van der Waals surface area contributed by atoms with Gasteiger partial charge in [-0.1, -0.05) is 27.5 Å². The molecule has 0 saturated carbocycles. The second-order valence-electron chi connectivity index (χ2n) is 2.50. The highest BCUT2D eigenvalue weighted by atomic mass is 79.9. The Balaban J connectivity index is 3.08. The SMILES string of the molecule is NC(N)=NC(=O)c1cc(Cl)cc(Br)c1. The predicted octanol–water partition coefficient (Wildman–Crippen LogP) is 1.52. The Morgan fingerprint density at radius 3 is 2.50 bits per heavy atom. The average Bonchev–Trinajstić information content (AvgIpc) is 2.00. The fourth-order valence-electron chi connectivity index (χ4n) is 0.859. The molecule has 0 bridgehead atoms. The Morgan fingerprint density at radius 2 is 2.00 bits per heavy atom. The van der Waals surface area contributed by atoms with E-state index in [1.807, 2.05) is 0 Å². The van der Waals surface area contributed by atoms with Gasteiger partial charge in [0.05, 0.1) is 0 Å². The third-order valence-electron chi connectivity index (χ3n) is 1.34. The van der Waals surface area contributed by atoms with E-state index in [1.165, 1.54) is 6.07 Å². The number of nitrogens with two attached hydrogens (primary N) is 2. The van der Waals surface area contributed by atoms with Crippen LogP contribution in [0.3, 0.4) is 0 Å². The Morgan fingerprint density at radius 1 is 1.36 bits per heavy atom. The Labute approximate surface area is 94.1 Å². The molecule has 0 aliphatic rings. The van der Waals surface area contributed by atoms with Crippen molar-refractivity contribution < 1.29 is 4.79 Å². The van der Waals surface area contributed by atoms with Gasteiger partial charge in [-0.05, 0) is 18.2 Å². The van der Waals surface area contributed by atoms with Crippen LogP contribution < -0.4 is 11.5 Å². The average molecular weight is 277 g/mol. The maximum Gasteiger partial charge on any atom is 0.280 e. The first-order valence-corrected chi connectivity index (χ1v) is 4.76. The van der Waals surface area contributed by atoms with E-state index in [0.29, 0.717) is 15.1 Å². The third kappa shape index (κ3) is 3.01. The molecule has 14 heavy (non-hydrogen) atoms. The molecule has 0 aromatic heterocycles. The quantitative estimate of drug-likeness (QED) is 0.602. The minimum Gasteiger partial charge on any atom is -0.370 e. The molecule has 6 heteroatoms. The summed E-state index contributed by atoms with van der Waals surface area (Å²) in [7, 11) is 0. The largest absolute Gasteiger partial charge is 0.370 e. The van der Waals surface area contributed by atoms with E-state index in [4.69, 9.17) is 23.1 Å². The van der Waals surface area contributed by atoms with Crippen molar-refractivity contribution in [2.45, 2.75) is 0 Å². The van der Waals surface area contributed by atoms with Crippen molar-refractivity contribution in [3.8, 4) is 0 Å². The van der Waals surface area contributed by atoms with Crippen molar-refractivity contribution in [1.29, 1.82) is 0 Å². The standard InChI is InChI=1S/C8H7BrClN3O/c9-5-1-4(2-6(10)3-5)7(14)13-8(11)12/h1-3H,(H4,11,12,13,14). The summed E-state index contributed by atoms with van der Waals surface area (Å²) in [5.41, 5.74) is 10.5. The lowest BCUT2D eigenvalue weighted by molar-refractivity contribution is 0.100. The number of amides is 1. The van der Waals surface area contributed by atoms with E-state index < -0.39 is 5.91 Å². The van der Waals surface area contributed by atoms with Crippen molar-refractivity contribution in [2.24, 2.45) is 16.5 Å². The van der Waals surface area contributed by atoms with E-state index in [0.717, 1.165) is 0 Å². The lowest BCUT2D eigenvalue weighted by Gasteiger charge is -1.98. The predicted molar refractivity (Wildman–Crippen MR) is 59.3 cm³/mol. The number of hydrogen-bond donors (Lipinski definition) is 2. The van der Waals surface area contributed by atoms with E-state index in [1.54, 1.807) is 12.1 Å². The molecule has 0 heterocycles. The Hall–Kier alpha value is -1.07. The number of hydrogen-bond acceptors (Lipinski definition) is 1. The van der Waals surface area contributed by atoms with Gasteiger partial charge in [0.2, 0.25) is 0 Å². The molecule has 1 aromatic rings. The molecule has 0 unspecified atom stereocenters. The van der Waals surface area contributed by atoms with Crippen LogP contribution in [0.1, 0.15) is 10.4 Å². The van der Waals surface area contributed by atoms with Crippen molar-refractivity contribution in [3.05, 3.63) is 33.3 Å². The number of rotatable bonds is 1. The molecule has 0 fully saturated rings. The fraction of sp³-hybridized carbons (Fsp3) is 0. The first kappa shape index (κ1) is 11.0. The molecule has 1 amide bonds. The number of guanidine groups is 1. The van der Waals surface area contributed by atoms with Gasteiger partial charge in [0, 0.05) is 15.1 Å². The lowest BCUT2D eigenvalue weighted by atomic mass is 10.2. The van der Waals surface area contributed by atoms with Crippen LogP contribution in [0.25, 0.3) is 0 Å². The van der Waals surface area contributed by atoms with Crippen LogP contribution >= 0.6 is 27.5 Å². The molecule has 74 valence electrons. The summed E-state index contributed by atoms with van der Waals surface area (Å²) in [5.74, 6) is -0.792. The van der Waals surface area contributed by atoms with Crippen molar-refractivity contribution >= 4 is 39.4 Å². The molecule has 0 saturated heterocycles. The van der Waals surface area contributed by atoms with Gasteiger partial charge in [-0.2, -0.15) is 4.99 Å². The molecule has 0 aliphatic carbocycles. The summed E-state index contributed by atoms with van der Waals surface area (Å²) in [5, 5.41) is 0.438. The zero-order valence-electron chi connectivity index (χ0n) is 7.00. The topological polar surface area (TPSA) is 81.5 Å². The smallest absolute Gasteiger partial charge is 0.280 e. The van der Waals surface area contributed by atoms with Crippen molar-refractivity contribution in [2.75, 3.05) is 0 Å². The zero-order chi connectivity index (χ0) is 10.7. The number of benzene rings is 1. The second-order valence-corrected chi connectivity index (χ2v) is 3.85. The molecule has 0 radical (unpaired) electrons. The molecule has 0 aliphatic heterocycles. The van der Waals surface area contributed by atoms with E-state index >= 15 is 0 Å². The third-order valence-corrected chi connectivity index (χ3v) is 2.02. The molecule has 0 atom stereocenters. The van der Waals surface area contributed by atoms with E-state index in [9.17, 15) is 4.79 Å². The second kappa shape index (κ2) is 4.43. The van der Waals surface area contributed by atoms with E-state index in [-0.39, 0.29) is 5.96 Å². The number of aliphatic imine (C=N–C) groups is 1. The summed E-state index contributed by atoms with van der Waals surface area (Å²) >= 11 is 8.94. The highest BCUT2D eigenvalue weighted by Gasteiger charge is 2.06. The van der Waals surface area contributed by atoms with Crippen molar-refractivity contribution in [3.63, 3.8) is 0 Å². The van der Waals surface area contributed by atoms with Crippen LogP contribution in [0.2, 0.25) is 5.02 Å². The molecule has 1 rings (SSSR count). The van der Waals surface area contributed by atoms with Crippen LogP contribution in [-0.4, -0.2) is 11.9 Å². The minimum absolute atomic E-state index is 0.272. The van der Waals surface area contributed by atoms with E-state index in [2.05, 4.69) is 20.9 Å². The van der Waals surface area contributed by atoms with Crippen LogP contribution in [0.5, 0.6) is 0 Å². The Bertz CT molecular complexity index is 381. The molecule has 1 aromatic carbocycles. The summed E-state index contributed by atoms with van der Waals surface area (Å²) in [4.78, 5) is 14.7. The molecular weight excluding hydrogens is 269 g/mol. The number of halogens is 2. The zero-order valence-corrected chi connectivity index (χ0v) is 9.34. The van der Waals surface area contributed by atoms with Gasteiger partial charge in [-0.15, -0.1) is 0 Å². The first-order chi connectivity index (χ1) is 6.49. The highest BCUT2D eigenvalue weighted by Crippen LogP contribution is 2.19. The van der Waals surface area contributed by atoms with Crippen LogP contribution in [-0.2, 0) is 0 Å². The summed E-state index contributed by atoms with van der Waals surface area (Å²) < 4.78 is 0.694. The van der Waals surface area contributed by atoms with Crippen molar-refractivity contribution in [1.82, 2.24) is 0 Å². The summed E-state index contributed by atoms with van der Waals surface area (Å²) in [6.45, 7) is 0.